The molecule has 1 aliphatic rings. The minimum absolute atomic E-state index is 0.00131. The van der Waals surface area contributed by atoms with Crippen molar-refractivity contribution in [1.82, 2.24) is 10.6 Å². The number of nitrogens with one attached hydrogen (secondary N) is 2. The molecule has 0 unspecified atom stereocenters. The molecule has 0 aromatic carbocycles. The largest absolute Gasteiger partial charge is 0.481 e. The van der Waals surface area contributed by atoms with Crippen molar-refractivity contribution in [3.63, 3.8) is 0 Å². The van der Waals surface area contributed by atoms with Crippen LogP contribution >= 0.6 is 0 Å². The summed E-state index contributed by atoms with van der Waals surface area (Å²) in [6.45, 7) is 3.50. The molecule has 1 fully saturated rings. The monoisotopic (exact) mass is 312 g/mol. The third-order valence-electron chi connectivity index (χ3n) is 4.09. The number of carboxylic acid groups (broad SMARTS) is 1. The molecule has 6 nitrogen and oxygen atoms in total. The molecule has 0 radical (unpaired) electrons. The third kappa shape index (κ3) is 8.00. The van der Waals surface area contributed by atoms with E-state index in [4.69, 9.17) is 5.11 Å². The van der Waals surface area contributed by atoms with Crippen molar-refractivity contribution in [1.29, 1.82) is 0 Å². The van der Waals surface area contributed by atoms with Crippen LogP contribution in [0.1, 0.15) is 65.2 Å². The van der Waals surface area contributed by atoms with Gasteiger partial charge in [-0.15, -0.1) is 0 Å². The zero-order valence-corrected chi connectivity index (χ0v) is 13.6. The fourth-order valence-electron chi connectivity index (χ4n) is 2.81. The van der Waals surface area contributed by atoms with Crippen LogP contribution in [-0.4, -0.2) is 35.0 Å². The zero-order valence-electron chi connectivity index (χ0n) is 13.6. The molecule has 0 heterocycles. The fourth-order valence-corrected chi connectivity index (χ4v) is 2.81. The molecule has 22 heavy (non-hydrogen) atoms. The first kappa shape index (κ1) is 18.5. The summed E-state index contributed by atoms with van der Waals surface area (Å²) in [7, 11) is 0. The van der Waals surface area contributed by atoms with Crippen LogP contribution in [0.2, 0.25) is 0 Å². The van der Waals surface area contributed by atoms with Gasteiger partial charge in [0, 0.05) is 18.4 Å². The number of carbonyl (C=O) groups excluding carboxylic acids is 2. The lowest BCUT2D eigenvalue weighted by Crippen LogP contribution is -2.48. The van der Waals surface area contributed by atoms with Crippen molar-refractivity contribution < 1.29 is 19.5 Å². The quantitative estimate of drug-likeness (QED) is 0.637. The van der Waals surface area contributed by atoms with E-state index in [1.807, 2.05) is 0 Å². The molecule has 1 saturated carbocycles. The maximum absolute atomic E-state index is 11.8. The van der Waals surface area contributed by atoms with Gasteiger partial charge in [0.2, 0.25) is 11.8 Å². The summed E-state index contributed by atoms with van der Waals surface area (Å²) < 4.78 is 0. The zero-order chi connectivity index (χ0) is 16.6. The van der Waals surface area contributed by atoms with Crippen molar-refractivity contribution in [2.24, 2.45) is 5.92 Å². The average molecular weight is 312 g/mol. The number of carbonyl (C=O) groups is 3. The summed E-state index contributed by atoms with van der Waals surface area (Å²) in [5, 5.41) is 14.1. The lowest BCUT2D eigenvalue weighted by atomic mass is 9.87. The Morgan fingerprint density at radius 2 is 1.73 bits per heavy atom. The molecule has 0 spiro atoms. The van der Waals surface area contributed by atoms with Crippen LogP contribution in [0.5, 0.6) is 0 Å². The van der Waals surface area contributed by atoms with E-state index >= 15 is 0 Å². The number of rotatable bonds is 8. The van der Waals surface area contributed by atoms with Gasteiger partial charge in [0.15, 0.2) is 0 Å². The van der Waals surface area contributed by atoms with E-state index < -0.39 is 11.5 Å². The SMILES string of the molecule is CC(C)(CCC(=O)O)NC(=O)CNC(=O)CC1CCCCC1. The van der Waals surface area contributed by atoms with Gasteiger partial charge in [0.05, 0.1) is 6.54 Å². The maximum Gasteiger partial charge on any atom is 0.303 e. The molecule has 126 valence electrons. The summed E-state index contributed by atoms with van der Waals surface area (Å²) in [4.78, 5) is 34.2. The fraction of sp³-hybridized carbons (Fsp3) is 0.812. The molecule has 0 atom stereocenters. The van der Waals surface area contributed by atoms with Crippen molar-refractivity contribution in [2.75, 3.05) is 6.54 Å². The van der Waals surface area contributed by atoms with Crippen molar-refractivity contribution >= 4 is 17.8 Å². The van der Waals surface area contributed by atoms with Crippen molar-refractivity contribution in [3.8, 4) is 0 Å². The Morgan fingerprint density at radius 3 is 2.32 bits per heavy atom. The van der Waals surface area contributed by atoms with Crippen LogP contribution in [0.4, 0.5) is 0 Å². The highest BCUT2D eigenvalue weighted by molar-refractivity contribution is 5.85. The van der Waals surface area contributed by atoms with Crippen molar-refractivity contribution in [2.45, 2.75) is 70.8 Å². The molecular formula is C16H28N2O4. The van der Waals surface area contributed by atoms with Gasteiger partial charge in [-0.25, -0.2) is 0 Å². The number of carboxylic acids is 1. The Labute approximate surface area is 132 Å². The average Bonchev–Trinajstić information content (AvgIpc) is 2.44. The summed E-state index contributed by atoms with van der Waals surface area (Å²) in [5.41, 5.74) is -0.594. The molecule has 6 heteroatoms. The lowest BCUT2D eigenvalue weighted by Gasteiger charge is -2.26. The molecular weight excluding hydrogens is 284 g/mol. The maximum atomic E-state index is 11.8. The van der Waals surface area contributed by atoms with E-state index in [-0.39, 0.29) is 24.8 Å². The Kier molecular flexibility index (Phi) is 7.35. The highest BCUT2D eigenvalue weighted by atomic mass is 16.4. The van der Waals surface area contributed by atoms with Gasteiger partial charge in [0.25, 0.3) is 0 Å². The van der Waals surface area contributed by atoms with Crippen LogP contribution in [0, 0.1) is 5.92 Å². The van der Waals surface area contributed by atoms with Gasteiger partial charge in [-0.2, -0.15) is 0 Å². The predicted molar refractivity (Wildman–Crippen MR) is 83.3 cm³/mol. The second-order valence-corrected chi connectivity index (χ2v) is 6.81. The molecule has 0 bridgehead atoms. The minimum Gasteiger partial charge on any atom is -0.481 e. The number of hydrogen-bond acceptors (Lipinski definition) is 3. The second kappa shape index (κ2) is 8.76. The van der Waals surface area contributed by atoms with E-state index in [0.717, 1.165) is 12.8 Å². The Morgan fingerprint density at radius 1 is 1.09 bits per heavy atom. The topological polar surface area (TPSA) is 95.5 Å². The standard InChI is InChI=1S/C16H28N2O4/c1-16(2,9-8-15(21)22)18-14(20)11-17-13(19)10-12-6-4-3-5-7-12/h12H,3-11H2,1-2H3,(H,17,19)(H,18,20)(H,21,22). The highest BCUT2D eigenvalue weighted by Crippen LogP contribution is 2.25. The van der Waals surface area contributed by atoms with Gasteiger partial charge < -0.3 is 15.7 Å². The Bertz CT molecular complexity index is 401. The van der Waals surface area contributed by atoms with Gasteiger partial charge in [-0.3, -0.25) is 14.4 Å². The first-order valence-electron chi connectivity index (χ1n) is 8.08. The van der Waals surface area contributed by atoms with Gasteiger partial charge >= 0.3 is 5.97 Å². The first-order chi connectivity index (χ1) is 10.3. The lowest BCUT2D eigenvalue weighted by molar-refractivity contribution is -0.137. The molecule has 3 N–H and O–H groups in total. The minimum atomic E-state index is -0.886. The van der Waals surface area contributed by atoms with E-state index in [2.05, 4.69) is 10.6 Å². The summed E-state index contributed by atoms with van der Waals surface area (Å²) in [5.74, 6) is -0.801. The van der Waals surface area contributed by atoms with E-state index in [0.29, 0.717) is 18.8 Å². The predicted octanol–water partition coefficient (Wildman–Crippen LogP) is 1.83. The Hall–Kier alpha value is -1.59. The molecule has 1 rings (SSSR count). The smallest absolute Gasteiger partial charge is 0.303 e. The van der Waals surface area contributed by atoms with Crippen molar-refractivity contribution in [3.05, 3.63) is 0 Å². The summed E-state index contributed by atoms with van der Waals surface area (Å²) in [6, 6.07) is 0. The van der Waals surface area contributed by atoms with Crippen LogP contribution in [0.25, 0.3) is 0 Å². The second-order valence-electron chi connectivity index (χ2n) is 6.81. The van der Waals surface area contributed by atoms with E-state index in [1.165, 1.54) is 19.3 Å². The number of aliphatic carboxylic acids is 1. The summed E-state index contributed by atoms with van der Waals surface area (Å²) >= 11 is 0. The molecule has 0 saturated heterocycles. The van der Waals surface area contributed by atoms with E-state index in [1.54, 1.807) is 13.8 Å². The number of amides is 2. The number of hydrogen-bond donors (Lipinski definition) is 3. The summed E-state index contributed by atoms with van der Waals surface area (Å²) in [6.07, 6.45) is 6.68. The Balaban J connectivity index is 2.23. The molecule has 0 aromatic heterocycles. The van der Waals surface area contributed by atoms with Gasteiger partial charge in [-0.1, -0.05) is 19.3 Å². The normalized spacial score (nSPS) is 16.1. The van der Waals surface area contributed by atoms with Crippen LogP contribution < -0.4 is 10.6 Å². The first-order valence-corrected chi connectivity index (χ1v) is 8.08. The molecule has 0 aliphatic heterocycles. The van der Waals surface area contributed by atoms with Crippen LogP contribution in [0.3, 0.4) is 0 Å². The van der Waals surface area contributed by atoms with Crippen LogP contribution in [0.15, 0.2) is 0 Å². The molecule has 0 aromatic rings. The molecule has 2 amide bonds. The third-order valence-corrected chi connectivity index (χ3v) is 4.09. The molecule has 1 aliphatic carbocycles. The van der Waals surface area contributed by atoms with Gasteiger partial charge in [-0.05, 0) is 39.0 Å². The van der Waals surface area contributed by atoms with Crippen LogP contribution in [-0.2, 0) is 14.4 Å². The van der Waals surface area contributed by atoms with E-state index in [9.17, 15) is 14.4 Å². The van der Waals surface area contributed by atoms with Gasteiger partial charge in [0.1, 0.15) is 0 Å². The highest BCUT2D eigenvalue weighted by Gasteiger charge is 2.22.